The van der Waals surface area contributed by atoms with Crippen LogP contribution in [-0.2, 0) is 0 Å². The Morgan fingerprint density at radius 2 is 0.798 bits per heavy atom. The summed E-state index contributed by atoms with van der Waals surface area (Å²) in [5.74, 6) is 0.973. The van der Waals surface area contributed by atoms with Crippen LogP contribution in [-0.4, -0.2) is 34.6 Å². The first-order valence-corrected chi connectivity index (χ1v) is 30.9. The largest absolute Gasteiger partial charge is 0.399 e. The smallest absolute Gasteiger partial charge is 0.197 e. The minimum absolute atomic E-state index is 0.0346. The van der Waals surface area contributed by atoms with Gasteiger partial charge in [0.1, 0.15) is 0 Å². The molecule has 8 aromatic carbocycles. The summed E-state index contributed by atoms with van der Waals surface area (Å²) < 4.78 is 0. The molecule has 3 unspecified atom stereocenters. The third kappa shape index (κ3) is 15.0. The minimum atomic E-state index is -0.0792. The number of fused-ring (bicyclic) bond motifs is 4. The van der Waals surface area contributed by atoms with Gasteiger partial charge in [0.05, 0.1) is 11.8 Å². The van der Waals surface area contributed by atoms with E-state index in [1.165, 1.54) is 44.5 Å². The molecular weight excluding hydrogens is 1090 g/mol. The normalized spacial score (nSPS) is 15.4. The molecule has 3 aliphatic rings. The number of nitrogens with two attached hydrogens (primary N) is 1. The van der Waals surface area contributed by atoms with Crippen LogP contribution in [0, 0.1) is 102 Å². The van der Waals surface area contributed by atoms with Crippen LogP contribution < -0.4 is 27.2 Å². The monoisotopic (exact) mass is 1180 g/mol. The highest BCUT2D eigenvalue weighted by Crippen LogP contribution is 2.36. The number of benzene rings is 8. The molecule has 0 fully saturated rings. The summed E-state index contributed by atoms with van der Waals surface area (Å²) in [5.41, 5.74) is 32.7. The van der Waals surface area contributed by atoms with Gasteiger partial charge in [-0.25, -0.2) is 0 Å². The number of ketones is 2. The Labute approximate surface area is 525 Å². The zero-order valence-electron chi connectivity index (χ0n) is 54.2. The van der Waals surface area contributed by atoms with Crippen LogP contribution in [0.1, 0.15) is 118 Å². The fraction of sp³-hybridized carbons (Fsp3) is 0.250. The van der Waals surface area contributed by atoms with E-state index in [0.717, 1.165) is 118 Å². The molecule has 0 amide bonds. The van der Waals surface area contributed by atoms with E-state index in [1.807, 2.05) is 154 Å². The van der Waals surface area contributed by atoms with Crippen molar-refractivity contribution < 1.29 is 9.59 Å². The lowest BCUT2D eigenvalue weighted by Gasteiger charge is -2.28. The Kier molecular flexibility index (Phi) is 19.8. The quantitative estimate of drug-likeness (QED) is 0.110. The fourth-order valence-electron chi connectivity index (χ4n) is 12.5. The summed E-state index contributed by atoms with van der Waals surface area (Å²) in [7, 11) is 0. The number of anilines is 3. The van der Waals surface area contributed by atoms with Gasteiger partial charge in [0.25, 0.3) is 0 Å². The molecule has 3 atom stereocenters. The van der Waals surface area contributed by atoms with Crippen molar-refractivity contribution in [2.45, 2.75) is 109 Å². The van der Waals surface area contributed by atoms with Gasteiger partial charge in [-0.15, -0.1) is 0 Å². The maximum absolute atomic E-state index is 12.8. The second-order valence-corrected chi connectivity index (χ2v) is 25.0. The van der Waals surface area contributed by atoms with E-state index in [9.17, 15) is 19.2 Å². The zero-order valence-corrected chi connectivity index (χ0v) is 54.2. The molecule has 9 heteroatoms. The molecule has 0 spiro atoms. The third-order valence-corrected chi connectivity index (χ3v) is 16.9. The predicted octanol–water partition coefficient (Wildman–Crippen LogP) is 18.2. The number of aryl methyl sites for hydroxylation is 13. The standard InChI is InChI=1S/C18H21NO.C18H19NO.2C18H17NO.C8H11N/c4*1-11-4-6-14(7-5-11)15-10-19-16-9-12(2)8-13(3)17(16)18(15)20;1-6-3-7(2)5-8(9)4-6/h4,6-9,11,15,19H,5,10H2,1-3H3;4-9,15,19H,10H2,1-3H3;2*4-10H,1-3H3,(H,19,20);3-5H,9H2,1-2H3. The molecule has 2 aromatic heterocycles. The summed E-state index contributed by atoms with van der Waals surface area (Å²) in [4.78, 5) is 57.6. The second-order valence-electron chi connectivity index (χ2n) is 25.0. The van der Waals surface area contributed by atoms with Gasteiger partial charge in [-0.2, -0.15) is 0 Å². The van der Waals surface area contributed by atoms with E-state index in [2.05, 4.69) is 133 Å². The van der Waals surface area contributed by atoms with Crippen molar-refractivity contribution in [3.63, 3.8) is 0 Å². The van der Waals surface area contributed by atoms with Crippen LogP contribution in [0.15, 0.2) is 185 Å². The number of carbonyl (C=O) groups excluding carboxylic acids is 2. The number of pyridine rings is 2. The van der Waals surface area contributed by atoms with Crippen molar-refractivity contribution in [1.29, 1.82) is 0 Å². The highest BCUT2D eigenvalue weighted by molar-refractivity contribution is 6.09. The second kappa shape index (κ2) is 27.6. The van der Waals surface area contributed by atoms with E-state index >= 15 is 0 Å². The van der Waals surface area contributed by atoms with Gasteiger partial charge in [0.15, 0.2) is 22.4 Å². The number of hydrogen-bond acceptors (Lipinski definition) is 7. The molecule has 6 N–H and O–H groups in total. The Morgan fingerprint density at radius 1 is 0.416 bits per heavy atom. The van der Waals surface area contributed by atoms with Gasteiger partial charge in [0.2, 0.25) is 0 Å². The number of Topliss-reactive ketones (excluding diaryl/α,β-unsaturated/α-hetero) is 2. The molecule has 89 heavy (non-hydrogen) atoms. The SMILES string of the molecule is Cc1cc(C)c2c(c1)NCC(C1=CCC(C)C=C1)C2=O.Cc1cc(C)cc(N)c1.Cc1ccc(-c2c[nH]c3cc(C)cc(C)c3c2=O)cc1.Cc1ccc(-c2c[nH]c3cc(C)cc(C)c3c2=O)cc1.Cc1ccc(C2CNc3cc(C)cc(C)c3C2=O)cc1. The van der Waals surface area contributed by atoms with Crippen molar-refractivity contribution in [3.05, 3.63) is 285 Å². The number of aromatic nitrogens is 2. The van der Waals surface area contributed by atoms with Crippen LogP contribution in [0.2, 0.25) is 0 Å². The lowest BCUT2D eigenvalue weighted by Crippen LogP contribution is -2.32. The summed E-state index contributed by atoms with van der Waals surface area (Å²) in [5, 5.41) is 8.43. The van der Waals surface area contributed by atoms with Crippen molar-refractivity contribution in [1.82, 2.24) is 9.97 Å². The van der Waals surface area contributed by atoms with Gasteiger partial charge < -0.3 is 26.3 Å². The molecule has 0 saturated carbocycles. The average Bonchev–Trinajstić information content (AvgIpc) is 0.987. The summed E-state index contributed by atoms with van der Waals surface area (Å²) in [6.45, 7) is 30.1. The summed E-state index contributed by atoms with van der Waals surface area (Å²) >= 11 is 0. The van der Waals surface area contributed by atoms with Crippen LogP contribution in [0.3, 0.4) is 0 Å². The van der Waals surface area contributed by atoms with Gasteiger partial charge >= 0.3 is 0 Å². The molecule has 454 valence electrons. The average molecular weight is 1180 g/mol. The van der Waals surface area contributed by atoms with Crippen molar-refractivity contribution in [3.8, 4) is 22.3 Å². The van der Waals surface area contributed by atoms with Crippen molar-refractivity contribution in [2.24, 2.45) is 11.8 Å². The number of rotatable bonds is 4. The Balaban J connectivity index is 0.000000135. The third-order valence-electron chi connectivity index (χ3n) is 16.9. The van der Waals surface area contributed by atoms with Gasteiger partial charge in [-0.05, 0) is 217 Å². The number of allylic oxidation sites excluding steroid dienone is 3. The van der Waals surface area contributed by atoms with E-state index in [1.54, 1.807) is 0 Å². The summed E-state index contributed by atoms with van der Waals surface area (Å²) in [6.07, 6.45) is 11.2. The maximum Gasteiger partial charge on any atom is 0.197 e. The fourth-order valence-corrected chi connectivity index (χ4v) is 12.5. The first-order valence-electron chi connectivity index (χ1n) is 30.9. The van der Waals surface area contributed by atoms with Crippen LogP contribution >= 0.6 is 0 Å². The minimum Gasteiger partial charge on any atom is -0.399 e. The van der Waals surface area contributed by atoms with Crippen LogP contribution in [0.4, 0.5) is 17.1 Å². The number of nitrogens with one attached hydrogen (secondary N) is 4. The lowest BCUT2D eigenvalue weighted by molar-refractivity contribution is 0.0939. The highest BCUT2D eigenvalue weighted by Gasteiger charge is 2.32. The molecule has 2 aliphatic heterocycles. The van der Waals surface area contributed by atoms with Gasteiger partial charge in [-0.3, -0.25) is 19.2 Å². The molecule has 0 radical (unpaired) electrons. The number of nitrogen functional groups attached to an aromatic ring is 1. The van der Waals surface area contributed by atoms with E-state index in [-0.39, 0.29) is 34.3 Å². The van der Waals surface area contributed by atoms with Crippen LogP contribution in [0.25, 0.3) is 44.1 Å². The zero-order chi connectivity index (χ0) is 64.0. The van der Waals surface area contributed by atoms with Crippen molar-refractivity contribution in [2.75, 3.05) is 29.5 Å². The molecule has 10 aromatic rings. The molecule has 0 bridgehead atoms. The first kappa shape index (κ1) is 63.9. The molecule has 13 rings (SSSR count). The van der Waals surface area contributed by atoms with Crippen molar-refractivity contribution >= 4 is 50.4 Å². The number of hydrogen-bond donors (Lipinski definition) is 5. The number of H-pyrrole nitrogens is 2. The number of carbonyl (C=O) groups is 2. The van der Waals surface area contributed by atoms with Crippen LogP contribution in [0.5, 0.6) is 0 Å². The molecular formula is C80H85N5O4. The first-order chi connectivity index (χ1) is 42.4. The molecule has 9 nitrogen and oxygen atoms in total. The molecule has 0 saturated heterocycles. The highest BCUT2D eigenvalue weighted by atomic mass is 16.1. The lowest BCUT2D eigenvalue weighted by atomic mass is 9.81. The van der Waals surface area contributed by atoms with E-state index in [0.29, 0.717) is 19.0 Å². The Bertz CT molecular complexity index is 4290. The molecule has 4 heterocycles. The maximum atomic E-state index is 12.8. The summed E-state index contributed by atoms with van der Waals surface area (Å²) in [6, 6.07) is 46.8. The van der Waals surface area contributed by atoms with Gasteiger partial charge in [0, 0.05) is 86.6 Å². The van der Waals surface area contributed by atoms with E-state index in [4.69, 9.17) is 5.73 Å². The Hall–Kier alpha value is -9.60. The predicted molar refractivity (Wildman–Crippen MR) is 375 cm³/mol. The van der Waals surface area contributed by atoms with Gasteiger partial charge in [-0.1, -0.05) is 145 Å². The number of aromatic amines is 2. The Morgan fingerprint density at radius 3 is 1.21 bits per heavy atom. The molecule has 1 aliphatic carbocycles. The van der Waals surface area contributed by atoms with E-state index < -0.39 is 0 Å². The topological polar surface area (TPSA) is 150 Å².